The number of hydrogen-bond donors (Lipinski definition) is 3. The minimum Gasteiger partial charge on any atom is -0.369 e. The topological polar surface area (TPSA) is 38.8 Å². The molecule has 0 aliphatic carbocycles. The van der Waals surface area contributed by atoms with Crippen LogP contribution in [0.25, 0.3) is 0 Å². The number of nitrogens with one attached hydrogen (secondary N) is 1. The highest BCUT2D eigenvalue weighted by molar-refractivity contribution is 7.99. The van der Waals surface area contributed by atoms with Gasteiger partial charge < -0.3 is 10.2 Å². The van der Waals surface area contributed by atoms with Crippen LogP contribution in [0.3, 0.4) is 0 Å². The first-order chi connectivity index (χ1) is 12.5. The normalized spacial score (nSPS) is 15.2. The lowest BCUT2D eigenvalue weighted by molar-refractivity contribution is 0.258. The van der Waals surface area contributed by atoms with Gasteiger partial charge in [0.05, 0.1) is 4.71 Å². The van der Waals surface area contributed by atoms with Gasteiger partial charge in [-0.05, 0) is 36.4 Å². The summed E-state index contributed by atoms with van der Waals surface area (Å²) >= 11 is 8.75. The Balaban J connectivity index is 1.59. The fourth-order valence-corrected chi connectivity index (χ4v) is 3.41. The molecule has 0 spiro atoms. The highest BCUT2D eigenvalue weighted by atomic mass is 32.2. The molecule has 0 aromatic heterocycles. The van der Waals surface area contributed by atoms with Gasteiger partial charge in [-0.3, -0.25) is 9.80 Å². The van der Waals surface area contributed by atoms with Crippen molar-refractivity contribution in [2.24, 2.45) is 0 Å². The quantitative estimate of drug-likeness (QED) is 0.553. The van der Waals surface area contributed by atoms with Crippen LogP contribution in [0.5, 0.6) is 0 Å². The highest BCUT2D eigenvalue weighted by Gasteiger charge is 2.20. The monoisotopic (exact) mass is 388 g/mol. The second kappa shape index (κ2) is 8.70. The molecule has 1 aliphatic heterocycles. The molecule has 1 heterocycles. The zero-order chi connectivity index (χ0) is 18.5. The van der Waals surface area contributed by atoms with Crippen molar-refractivity contribution in [2.75, 3.05) is 48.3 Å². The maximum absolute atomic E-state index is 12.4. The molecular formula is C19H24N4OS2. The van der Waals surface area contributed by atoms with Gasteiger partial charge in [-0.2, -0.15) is 0 Å². The molecule has 5 nitrogen and oxygen atoms in total. The van der Waals surface area contributed by atoms with Crippen molar-refractivity contribution >= 4 is 48.4 Å². The Kier molecular flexibility index (Phi) is 6.34. The smallest absolute Gasteiger partial charge is 0.326 e. The Hall–Kier alpha value is -1.83. The third-order valence-corrected chi connectivity index (χ3v) is 5.23. The van der Waals surface area contributed by atoms with Gasteiger partial charge in [-0.25, -0.2) is 4.79 Å². The van der Waals surface area contributed by atoms with E-state index in [2.05, 4.69) is 52.5 Å². The van der Waals surface area contributed by atoms with E-state index in [0.717, 1.165) is 37.6 Å². The number of benzene rings is 2. The second-order valence-electron chi connectivity index (χ2n) is 6.24. The maximum Gasteiger partial charge on any atom is 0.326 e. The number of carbonyl (C=O) groups is 1. The van der Waals surface area contributed by atoms with Gasteiger partial charge in [0.25, 0.3) is 0 Å². The molecule has 7 heteroatoms. The van der Waals surface area contributed by atoms with E-state index in [1.165, 1.54) is 5.69 Å². The Morgan fingerprint density at radius 2 is 1.62 bits per heavy atom. The van der Waals surface area contributed by atoms with Crippen LogP contribution in [0.2, 0.25) is 0 Å². The Labute approximate surface area is 165 Å². The fourth-order valence-electron chi connectivity index (χ4n) is 2.94. The molecule has 0 atom stereocenters. The van der Waals surface area contributed by atoms with Gasteiger partial charge in [0.2, 0.25) is 0 Å². The number of para-hydroxylation sites is 1. The van der Waals surface area contributed by atoms with E-state index in [1.54, 1.807) is 11.9 Å². The van der Waals surface area contributed by atoms with Gasteiger partial charge in [0, 0.05) is 50.3 Å². The molecular weight excluding hydrogens is 364 g/mol. The molecule has 26 heavy (non-hydrogen) atoms. The summed E-state index contributed by atoms with van der Waals surface area (Å²) in [6.07, 6.45) is 0. The van der Waals surface area contributed by atoms with Crippen LogP contribution in [-0.2, 0) is 0 Å². The number of thiol groups is 2. The van der Waals surface area contributed by atoms with Crippen LogP contribution in [0, 0.1) is 0 Å². The highest BCUT2D eigenvalue weighted by Crippen LogP contribution is 2.23. The zero-order valence-corrected chi connectivity index (χ0v) is 16.5. The minimum atomic E-state index is -0.161. The van der Waals surface area contributed by atoms with E-state index >= 15 is 0 Å². The number of piperazine rings is 1. The minimum absolute atomic E-state index is 0.00342. The van der Waals surface area contributed by atoms with Crippen LogP contribution in [0.15, 0.2) is 54.6 Å². The molecule has 0 bridgehead atoms. The molecule has 2 amide bonds. The van der Waals surface area contributed by atoms with Gasteiger partial charge in [-0.1, -0.05) is 18.2 Å². The van der Waals surface area contributed by atoms with E-state index < -0.39 is 0 Å². The summed E-state index contributed by atoms with van der Waals surface area (Å²) < 4.78 is -0.00342. The van der Waals surface area contributed by atoms with E-state index in [9.17, 15) is 4.79 Å². The van der Waals surface area contributed by atoms with Crippen LogP contribution >= 0.6 is 25.3 Å². The van der Waals surface area contributed by atoms with E-state index in [4.69, 9.17) is 0 Å². The average molecular weight is 389 g/mol. The van der Waals surface area contributed by atoms with Gasteiger partial charge in [0.15, 0.2) is 0 Å². The Morgan fingerprint density at radius 3 is 2.19 bits per heavy atom. The number of carbonyl (C=O) groups excluding carboxylic acids is 1. The maximum atomic E-state index is 12.4. The summed E-state index contributed by atoms with van der Waals surface area (Å²) in [5, 5.41) is 2.89. The van der Waals surface area contributed by atoms with Crippen molar-refractivity contribution in [3.63, 3.8) is 0 Å². The number of hydrogen-bond acceptors (Lipinski definition) is 5. The van der Waals surface area contributed by atoms with Crippen molar-refractivity contribution in [3.8, 4) is 0 Å². The summed E-state index contributed by atoms with van der Waals surface area (Å²) in [5.41, 5.74) is 2.80. The third-order valence-electron chi connectivity index (χ3n) is 4.57. The number of anilines is 3. The first-order valence-electron chi connectivity index (χ1n) is 8.59. The van der Waals surface area contributed by atoms with Gasteiger partial charge in [0.1, 0.15) is 0 Å². The molecule has 0 radical (unpaired) electrons. The van der Waals surface area contributed by atoms with E-state index in [0.29, 0.717) is 0 Å². The lowest BCUT2D eigenvalue weighted by atomic mass is 10.2. The van der Waals surface area contributed by atoms with E-state index in [-0.39, 0.29) is 10.7 Å². The third kappa shape index (κ3) is 4.66. The molecule has 1 fully saturated rings. The average Bonchev–Trinajstić information content (AvgIpc) is 2.68. The van der Waals surface area contributed by atoms with Gasteiger partial charge in [-0.15, -0.1) is 25.3 Å². The SMILES string of the molecule is CN(C(=O)Nc1ccccc1)c1ccc(N2CCN(C(S)S)CC2)cc1. The van der Waals surface area contributed by atoms with E-state index in [1.807, 2.05) is 42.5 Å². The fraction of sp³-hybridized carbons (Fsp3) is 0.316. The molecule has 1 aliphatic rings. The molecule has 138 valence electrons. The molecule has 2 aromatic carbocycles. The Morgan fingerprint density at radius 1 is 1.00 bits per heavy atom. The molecule has 0 saturated carbocycles. The van der Waals surface area contributed by atoms with Crippen molar-refractivity contribution < 1.29 is 4.79 Å². The lowest BCUT2D eigenvalue weighted by Gasteiger charge is -2.37. The number of amides is 2. The second-order valence-corrected chi connectivity index (χ2v) is 7.63. The first kappa shape index (κ1) is 18.9. The summed E-state index contributed by atoms with van der Waals surface area (Å²) in [6, 6.07) is 17.4. The molecule has 2 aromatic rings. The molecule has 0 unspecified atom stereocenters. The Bertz CT molecular complexity index is 716. The number of urea groups is 1. The van der Waals surface area contributed by atoms with Gasteiger partial charge >= 0.3 is 6.03 Å². The summed E-state index contributed by atoms with van der Waals surface area (Å²) in [7, 11) is 1.77. The van der Waals surface area contributed by atoms with Crippen molar-refractivity contribution in [3.05, 3.63) is 54.6 Å². The number of nitrogens with zero attached hydrogens (tertiary/aromatic N) is 3. The molecule has 1 N–H and O–H groups in total. The predicted molar refractivity (Wildman–Crippen MR) is 116 cm³/mol. The zero-order valence-electron chi connectivity index (χ0n) is 14.7. The van der Waals surface area contributed by atoms with Crippen molar-refractivity contribution in [1.29, 1.82) is 0 Å². The van der Waals surface area contributed by atoms with Crippen molar-refractivity contribution in [2.45, 2.75) is 4.71 Å². The summed E-state index contributed by atoms with van der Waals surface area (Å²) in [4.78, 5) is 18.6. The largest absolute Gasteiger partial charge is 0.369 e. The van der Waals surface area contributed by atoms with Crippen LogP contribution in [0.4, 0.5) is 21.9 Å². The predicted octanol–water partition coefficient (Wildman–Crippen LogP) is 3.62. The standard InChI is InChI=1S/C19H24N4OS2/c1-21(18(24)20-15-5-3-2-4-6-15)16-7-9-17(10-8-16)22-11-13-23(14-12-22)19(25)26/h2-10,19,25-26H,11-14H2,1H3,(H,20,24). The summed E-state index contributed by atoms with van der Waals surface area (Å²) in [6.45, 7) is 3.78. The lowest BCUT2D eigenvalue weighted by Crippen LogP contribution is -2.47. The summed E-state index contributed by atoms with van der Waals surface area (Å²) in [5.74, 6) is 0. The van der Waals surface area contributed by atoms with Crippen LogP contribution < -0.4 is 15.1 Å². The first-order valence-corrected chi connectivity index (χ1v) is 9.63. The molecule has 3 rings (SSSR count). The van der Waals surface area contributed by atoms with Crippen LogP contribution in [-0.4, -0.2) is 48.9 Å². The van der Waals surface area contributed by atoms with Crippen molar-refractivity contribution in [1.82, 2.24) is 4.90 Å². The number of rotatable bonds is 4. The van der Waals surface area contributed by atoms with Crippen LogP contribution in [0.1, 0.15) is 0 Å². The molecule has 1 saturated heterocycles.